The van der Waals surface area contributed by atoms with Crippen molar-refractivity contribution >= 4 is 37.7 Å². The molecule has 0 fully saturated rings. The second kappa shape index (κ2) is 9.40. The molecule has 0 aromatic carbocycles. The third-order valence-corrected chi connectivity index (χ3v) is 0. The molecule has 1 N–H and O–H groups in total. The third-order valence-electron chi connectivity index (χ3n) is 0. The Kier molecular flexibility index (Phi) is 20.7. The van der Waals surface area contributed by atoms with Crippen LogP contribution in [0.15, 0.2) is 5.34 Å². The van der Waals surface area contributed by atoms with Gasteiger partial charge in [0.15, 0.2) is 5.34 Å². The van der Waals surface area contributed by atoms with Crippen LogP contribution in [0.5, 0.6) is 0 Å². The van der Waals surface area contributed by atoms with Crippen LogP contribution in [-0.2, 0) is 0 Å². The zero-order chi connectivity index (χ0) is 2.71. The van der Waals surface area contributed by atoms with Crippen molar-refractivity contribution < 1.29 is 8.06 Å². The zero-order valence-electron chi connectivity index (χ0n) is 4.01. The molecule has 0 saturated carbocycles. The third kappa shape index (κ3) is 16.8. The van der Waals surface area contributed by atoms with Gasteiger partial charge in [-0.25, -0.2) is 0 Å². The van der Waals surface area contributed by atoms with Crippen molar-refractivity contribution in [1.29, 1.82) is 0 Å². The maximum atomic E-state index is 8.11. The minimum absolute atomic E-state index is 0. The summed E-state index contributed by atoms with van der Waals surface area (Å²) in [6, 6.07) is 0. The molecule has 0 atom stereocenters. The van der Waals surface area contributed by atoms with E-state index < -0.39 is 0 Å². The minimum Gasteiger partial charge on any atom is -1.00 e. The Hall–Kier alpha value is 0.660. The van der Waals surface area contributed by atoms with Gasteiger partial charge in [-0.05, 0) is 0 Å². The van der Waals surface area contributed by atoms with Gasteiger partial charge in [-0.1, -0.05) is 0 Å². The molecule has 0 spiro atoms. The second-order valence-corrected chi connectivity index (χ2v) is 0.0816. The van der Waals surface area contributed by atoms with E-state index in [0.29, 0.717) is 0 Å². The van der Waals surface area contributed by atoms with E-state index in [1.807, 2.05) is 0 Å². The van der Waals surface area contributed by atoms with Crippen LogP contribution in [0.4, 0.5) is 0 Å². The number of hydrogen-bond donors (Lipinski definition) is 1. The maximum Gasteiger partial charge on any atom is 2.00 e. The first-order valence-corrected chi connectivity index (χ1v) is 0.383. The van der Waals surface area contributed by atoms with E-state index in [9.17, 15) is 0 Å². The molecule has 0 unspecified atom stereocenters. The molecular weight excluding hydrogens is 86.1 g/mol. The van der Waals surface area contributed by atoms with Gasteiger partial charge >= 0.3 is 37.7 Å². The Balaban J connectivity index is -0.00000000667. The average Bonchev–Trinajstić information content (AvgIpc) is 0.918. The van der Waals surface area contributed by atoms with E-state index >= 15 is 0 Å². The normalized spacial score (nSPS) is 3.00. The van der Waals surface area contributed by atoms with Crippen molar-refractivity contribution in [2.75, 3.05) is 0 Å². The molecule has 4 heavy (non-hydrogen) atoms. The monoisotopic (exact) mass is 89.0 g/mol. The maximum absolute atomic E-state index is 8.11. The molecule has 0 aromatic rings. The van der Waals surface area contributed by atoms with Gasteiger partial charge in [-0.15, -0.1) is 4.91 Å². The quantitative estimate of drug-likeness (QED) is 0.258. The first-order valence-electron chi connectivity index (χ1n) is 0.383. The Labute approximate surface area is 55.9 Å². The molecule has 0 bridgehead atoms. The van der Waals surface area contributed by atoms with Crippen molar-refractivity contribution in [2.24, 2.45) is 5.34 Å². The molecule has 0 amide bonds. The zero-order valence-corrected chi connectivity index (χ0v) is 4.22. The Morgan fingerprint density at radius 1 is 2.00 bits per heavy atom. The number of hydrogen-bond acceptors (Lipinski definition) is 2. The number of nitrogens with zero attached hydrogens (tertiary/aromatic N) is 1. The summed E-state index contributed by atoms with van der Waals surface area (Å²) in [5.74, 6) is 0. The van der Waals surface area contributed by atoms with Gasteiger partial charge in [0, 0.05) is 0 Å². The van der Waals surface area contributed by atoms with Crippen molar-refractivity contribution in [3.05, 3.63) is 4.91 Å². The molecule has 22 valence electrons. The summed E-state index contributed by atoms with van der Waals surface area (Å²) in [7, 11) is 0. The fourth-order valence-electron chi connectivity index (χ4n) is 0. The molecule has 0 radical (unpaired) electrons. The molecule has 0 aliphatic rings. The second-order valence-electron chi connectivity index (χ2n) is 0.0816. The van der Waals surface area contributed by atoms with Gasteiger partial charge in [0.1, 0.15) is 0 Å². The molecule has 0 rings (SSSR count). The molecule has 4 heteroatoms. The van der Waals surface area contributed by atoms with Crippen LogP contribution < -0.4 is 0 Å². The number of rotatable bonds is 0. The summed E-state index contributed by atoms with van der Waals surface area (Å²) < 4.78 is 0. The van der Waals surface area contributed by atoms with E-state index in [1.54, 1.807) is 0 Å². The largest absolute Gasteiger partial charge is 2.00 e. The van der Waals surface area contributed by atoms with Crippen LogP contribution in [-0.4, -0.2) is 42.9 Å². The van der Waals surface area contributed by atoms with Gasteiger partial charge in [-0.3, -0.25) is 0 Å². The molecule has 0 heterocycles. The first-order chi connectivity index (χ1) is 1.41. The van der Waals surface area contributed by atoms with Gasteiger partial charge < -0.3 is 8.06 Å². The fourth-order valence-corrected chi connectivity index (χ4v) is 0. The Morgan fingerprint density at radius 3 is 2.00 bits per heavy atom. The summed E-state index contributed by atoms with van der Waals surface area (Å²) >= 11 is 0. The van der Waals surface area contributed by atoms with Crippen molar-refractivity contribution in [3.63, 3.8) is 0 Å². The minimum atomic E-state index is 0. The van der Waals surface area contributed by atoms with E-state index in [-0.39, 0.29) is 40.6 Å². The van der Waals surface area contributed by atoms with Crippen LogP contribution in [0.1, 0.15) is 2.85 Å². The summed E-state index contributed by atoms with van der Waals surface area (Å²) in [5, 5.41) is 7.89. The average molecular weight is 89.1 g/mol. The molecule has 0 aliphatic heterocycles. The van der Waals surface area contributed by atoms with E-state index in [0.717, 1.165) is 0 Å². The summed E-state index contributed by atoms with van der Waals surface area (Å²) in [6.07, 6.45) is 0. The Morgan fingerprint density at radius 2 is 2.00 bits per heavy atom. The van der Waals surface area contributed by atoms with Gasteiger partial charge in [0.05, 0.1) is 0 Å². The standard InChI is InChI=1S/Ca.HNO2.2H/c;2-1-3;;/h;(H,2,3);;/q+2;;2*-1. The van der Waals surface area contributed by atoms with Gasteiger partial charge in [-0.2, -0.15) is 0 Å². The predicted molar refractivity (Wildman–Crippen MR) is 15.6 cm³/mol. The SMILES string of the molecule is O=NO.[Ca+2].[H-].[H-]. The summed E-state index contributed by atoms with van der Waals surface area (Å²) in [5.41, 5.74) is 0. The Bertz CT molecular complexity index is 19.0. The molecule has 0 saturated heterocycles. The van der Waals surface area contributed by atoms with Crippen LogP contribution in [0, 0.1) is 4.91 Å². The van der Waals surface area contributed by atoms with Crippen molar-refractivity contribution in [1.82, 2.24) is 0 Å². The van der Waals surface area contributed by atoms with Crippen LogP contribution in [0.2, 0.25) is 0 Å². The van der Waals surface area contributed by atoms with Crippen LogP contribution in [0.3, 0.4) is 0 Å². The van der Waals surface area contributed by atoms with Gasteiger partial charge in [0.25, 0.3) is 0 Å². The summed E-state index contributed by atoms with van der Waals surface area (Å²) in [6.45, 7) is 0. The van der Waals surface area contributed by atoms with E-state index in [2.05, 4.69) is 0 Å². The van der Waals surface area contributed by atoms with Crippen molar-refractivity contribution in [3.8, 4) is 0 Å². The van der Waals surface area contributed by atoms with Crippen LogP contribution >= 0.6 is 0 Å². The topological polar surface area (TPSA) is 49.7 Å². The smallest absolute Gasteiger partial charge is 1.00 e. The van der Waals surface area contributed by atoms with Gasteiger partial charge in [0.2, 0.25) is 0 Å². The fraction of sp³-hybridized carbons (Fsp3) is 0. The molecule has 3 nitrogen and oxygen atoms in total. The van der Waals surface area contributed by atoms with E-state index in [1.165, 1.54) is 5.34 Å². The van der Waals surface area contributed by atoms with Crippen molar-refractivity contribution in [2.45, 2.75) is 0 Å². The van der Waals surface area contributed by atoms with Crippen LogP contribution in [0.25, 0.3) is 0 Å². The predicted octanol–water partition coefficient (Wildman–Crippen LogP) is -0.0138. The molecule has 0 aromatic heterocycles. The summed E-state index contributed by atoms with van der Waals surface area (Å²) in [4.78, 5) is 8.11. The van der Waals surface area contributed by atoms with E-state index in [4.69, 9.17) is 10.1 Å². The molecule has 0 aliphatic carbocycles. The molecular formula is H3CaNO2. The first kappa shape index (κ1) is 8.82.